The molecule has 0 saturated heterocycles. The largest absolute Gasteiger partial charge is 0.380 e. The van der Waals surface area contributed by atoms with Gasteiger partial charge in [-0.1, -0.05) is 41.9 Å². The van der Waals surface area contributed by atoms with Crippen molar-refractivity contribution >= 4 is 23.1 Å². The third-order valence-corrected chi connectivity index (χ3v) is 3.02. The summed E-state index contributed by atoms with van der Waals surface area (Å²) in [7, 11) is 0. The summed E-state index contributed by atoms with van der Waals surface area (Å²) in [5.74, 6) is -0.615. The standard InChI is InChI=1S/C14H10ClNO4/c15-10-6-7-12(16(19)20)11(8-10)14(18)13(17)9-4-2-1-3-5-9/h1-8,14,18H. The Labute approximate surface area is 119 Å². The molecule has 0 amide bonds. The van der Waals surface area contributed by atoms with Gasteiger partial charge in [0, 0.05) is 16.7 Å². The van der Waals surface area contributed by atoms with E-state index in [0.29, 0.717) is 0 Å². The van der Waals surface area contributed by atoms with Gasteiger partial charge in [0.25, 0.3) is 5.69 Å². The van der Waals surface area contributed by atoms with E-state index in [1.165, 1.54) is 30.3 Å². The van der Waals surface area contributed by atoms with Crippen molar-refractivity contribution in [1.82, 2.24) is 0 Å². The van der Waals surface area contributed by atoms with Crippen LogP contribution >= 0.6 is 11.6 Å². The lowest BCUT2D eigenvalue weighted by molar-refractivity contribution is -0.386. The SMILES string of the molecule is O=C(c1ccccc1)C(O)c1cc(Cl)ccc1[N+](=O)[O-]. The molecule has 5 nitrogen and oxygen atoms in total. The van der Waals surface area contributed by atoms with Crippen LogP contribution in [-0.2, 0) is 0 Å². The maximum atomic E-state index is 12.1. The van der Waals surface area contributed by atoms with Crippen molar-refractivity contribution < 1.29 is 14.8 Å². The second-order valence-electron chi connectivity index (χ2n) is 4.09. The average molecular weight is 292 g/mol. The molecular weight excluding hydrogens is 282 g/mol. The van der Waals surface area contributed by atoms with E-state index in [1.807, 2.05) is 0 Å². The minimum absolute atomic E-state index is 0.114. The van der Waals surface area contributed by atoms with Crippen LogP contribution in [0.3, 0.4) is 0 Å². The summed E-state index contributed by atoms with van der Waals surface area (Å²) in [6.45, 7) is 0. The summed E-state index contributed by atoms with van der Waals surface area (Å²) in [5, 5.41) is 21.2. The molecule has 0 aromatic heterocycles. The van der Waals surface area contributed by atoms with Crippen LogP contribution in [-0.4, -0.2) is 15.8 Å². The molecule has 0 bridgehead atoms. The van der Waals surface area contributed by atoms with Gasteiger partial charge >= 0.3 is 0 Å². The molecule has 0 saturated carbocycles. The zero-order valence-corrected chi connectivity index (χ0v) is 10.9. The molecule has 0 fully saturated rings. The molecule has 102 valence electrons. The molecule has 1 N–H and O–H groups in total. The van der Waals surface area contributed by atoms with Crippen molar-refractivity contribution in [2.45, 2.75) is 6.10 Å². The molecule has 0 spiro atoms. The zero-order valence-electron chi connectivity index (χ0n) is 10.2. The van der Waals surface area contributed by atoms with Crippen LogP contribution in [0.5, 0.6) is 0 Å². The van der Waals surface area contributed by atoms with E-state index in [-0.39, 0.29) is 21.8 Å². The molecular formula is C14H10ClNO4. The highest BCUT2D eigenvalue weighted by Gasteiger charge is 2.27. The molecule has 2 rings (SSSR count). The number of aliphatic hydroxyl groups excluding tert-OH is 1. The van der Waals surface area contributed by atoms with Gasteiger partial charge in [-0.25, -0.2) is 0 Å². The van der Waals surface area contributed by atoms with E-state index < -0.39 is 16.8 Å². The lowest BCUT2D eigenvalue weighted by Gasteiger charge is -2.10. The quantitative estimate of drug-likeness (QED) is 0.533. The van der Waals surface area contributed by atoms with E-state index in [9.17, 15) is 20.0 Å². The number of nitro benzene ring substituents is 1. The summed E-state index contributed by atoms with van der Waals surface area (Å²) < 4.78 is 0. The maximum absolute atomic E-state index is 12.1. The lowest BCUT2D eigenvalue weighted by Crippen LogP contribution is -2.14. The van der Waals surface area contributed by atoms with E-state index in [2.05, 4.69) is 0 Å². The summed E-state index contributed by atoms with van der Waals surface area (Å²) in [6.07, 6.45) is -1.63. The van der Waals surface area contributed by atoms with Gasteiger partial charge in [-0.15, -0.1) is 0 Å². The molecule has 2 aromatic rings. The molecule has 0 radical (unpaired) electrons. The molecule has 20 heavy (non-hydrogen) atoms. The van der Waals surface area contributed by atoms with E-state index in [1.54, 1.807) is 18.2 Å². The Balaban J connectivity index is 2.43. The number of hydrogen-bond donors (Lipinski definition) is 1. The predicted octanol–water partition coefficient (Wildman–Crippen LogP) is 3.16. The normalized spacial score (nSPS) is 11.9. The van der Waals surface area contributed by atoms with Crippen LogP contribution in [0.4, 0.5) is 5.69 Å². The first-order valence-corrected chi connectivity index (χ1v) is 6.09. The van der Waals surface area contributed by atoms with Crippen LogP contribution in [0, 0.1) is 10.1 Å². The Kier molecular flexibility index (Phi) is 4.12. The molecule has 2 aromatic carbocycles. The van der Waals surface area contributed by atoms with Crippen LogP contribution in [0.1, 0.15) is 22.0 Å². The highest BCUT2D eigenvalue weighted by atomic mass is 35.5. The molecule has 0 aliphatic heterocycles. The van der Waals surface area contributed by atoms with Crippen molar-refractivity contribution in [3.05, 3.63) is 74.8 Å². The number of rotatable bonds is 4. The third kappa shape index (κ3) is 2.84. The first kappa shape index (κ1) is 14.2. The minimum Gasteiger partial charge on any atom is -0.380 e. The average Bonchev–Trinajstić information content (AvgIpc) is 2.46. The first-order chi connectivity index (χ1) is 9.50. The molecule has 0 aliphatic carbocycles. The maximum Gasteiger partial charge on any atom is 0.275 e. The fraction of sp³-hybridized carbons (Fsp3) is 0.0714. The van der Waals surface area contributed by atoms with E-state index >= 15 is 0 Å². The summed E-state index contributed by atoms with van der Waals surface area (Å²) in [6, 6.07) is 11.8. The predicted molar refractivity (Wildman–Crippen MR) is 73.8 cm³/mol. The molecule has 0 heterocycles. The zero-order chi connectivity index (χ0) is 14.7. The lowest BCUT2D eigenvalue weighted by atomic mass is 9.99. The first-order valence-electron chi connectivity index (χ1n) is 5.72. The van der Waals surface area contributed by atoms with Gasteiger partial charge in [-0.2, -0.15) is 0 Å². The van der Waals surface area contributed by atoms with Crippen LogP contribution < -0.4 is 0 Å². The molecule has 1 unspecified atom stereocenters. The molecule has 6 heteroatoms. The van der Waals surface area contributed by atoms with Gasteiger partial charge in [-0.05, 0) is 12.1 Å². The Bertz CT molecular complexity index is 657. The van der Waals surface area contributed by atoms with Crippen LogP contribution in [0.2, 0.25) is 5.02 Å². The molecule has 1 atom stereocenters. The second kappa shape index (κ2) is 5.81. The highest BCUT2D eigenvalue weighted by Crippen LogP contribution is 2.30. The van der Waals surface area contributed by atoms with Crippen molar-refractivity contribution in [3.63, 3.8) is 0 Å². The Hall–Kier alpha value is -2.24. The number of carbonyl (C=O) groups is 1. The topological polar surface area (TPSA) is 80.4 Å². The minimum atomic E-state index is -1.63. The van der Waals surface area contributed by atoms with E-state index in [4.69, 9.17) is 11.6 Å². The second-order valence-corrected chi connectivity index (χ2v) is 4.53. The van der Waals surface area contributed by atoms with Crippen molar-refractivity contribution in [1.29, 1.82) is 0 Å². The van der Waals surface area contributed by atoms with Crippen LogP contribution in [0.15, 0.2) is 48.5 Å². The van der Waals surface area contributed by atoms with E-state index in [0.717, 1.165) is 0 Å². The highest BCUT2D eigenvalue weighted by molar-refractivity contribution is 6.30. The van der Waals surface area contributed by atoms with Crippen LogP contribution in [0.25, 0.3) is 0 Å². The van der Waals surface area contributed by atoms with Crippen molar-refractivity contribution in [2.75, 3.05) is 0 Å². The fourth-order valence-corrected chi connectivity index (χ4v) is 1.99. The van der Waals surface area contributed by atoms with Gasteiger partial charge in [-0.3, -0.25) is 14.9 Å². The van der Waals surface area contributed by atoms with Gasteiger partial charge in [0.05, 0.1) is 10.5 Å². The molecule has 0 aliphatic rings. The fourth-order valence-electron chi connectivity index (χ4n) is 1.81. The number of halogens is 1. The number of Topliss-reactive ketones (excluding diaryl/α,β-unsaturated/α-hetero) is 1. The smallest absolute Gasteiger partial charge is 0.275 e. The number of nitro groups is 1. The van der Waals surface area contributed by atoms with Gasteiger partial charge in [0.2, 0.25) is 0 Å². The van der Waals surface area contributed by atoms with Crippen molar-refractivity contribution in [2.24, 2.45) is 0 Å². The number of ketones is 1. The number of aliphatic hydroxyl groups is 1. The number of hydrogen-bond acceptors (Lipinski definition) is 4. The monoisotopic (exact) mass is 291 g/mol. The summed E-state index contributed by atoms with van der Waals surface area (Å²) in [4.78, 5) is 22.4. The Morgan fingerprint density at radius 3 is 2.45 bits per heavy atom. The Morgan fingerprint density at radius 1 is 1.20 bits per heavy atom. The van der Waals surface area contributed by atoms with Gasteiger partial charge < -0.3 is 5.11 Å². The summed E-state index contributed by atoms with van der Waals surface area (Å²) >= 11 is 5.77. The van der Waals surface area contributed by atoms with Gasteiger partial charge in [0.1, 0.15) is 6.10 Å². The summed E-state index contributed by atoms with van der Waals surface area (Å²) in [5.41, 5.74) is -0.184. The Morgan fingerprint density at radius 2 is 1.85 bits per heavy atom. The van der Waals surface area contributed by atoms with Gasteiger partial charge in [0.15, 0.2) is 5.78 Å². The number of benzene rings is 2. The van der Waals surface area contributed by atoms with Crippen molar-refractivity contribution in [3.8, 4) is 0 Å². The number of nitrogens with zero attached hydrogens (tertiary/aromatic N) is 1. The number of carbonyl (C=O) groups excluding carboxylic acids is 1. The third-order valence-electron chi connectivity index (χ3n) is 2.79.